The molecule has 6 nitrogen and oxygen atoms in total. The van der Waals surface area contributed by atoms with E-state index in [1.165, 1.54) is 7.11 Å². The fourth-order valence-corrected chi connectivity index (χ4v) is 3.16. The highest BCUT2D eigenvalue weighted by Gasteiger charge is 2.54. The van der Waals surface area contributed by atoms with E-state index in [9.17, 15) is 4.79 Å². The van der Waals surface area contributed by atoms with Gasteiger partial charge in [-0.1, -0.05) is 0 Å². The molecule has 0 saturated carbocycles. The Labute approximate surface area is 130 Å². The van der Waals surface area contributed by atoms with Crippen LogP contribution >= 0.6 is 0 Å². The molecule has 0 aromatic carbocycles. The molecule has 6 heteroatoms. The van der Waals surface area contributed by atoms with Crippen molar-refractivity contribution < 1.29 is 19.0 Å². The number of carbonyl (C=O) groups is 1. The number of amides is 1. The van der Waals surface area contributed by atoms with Gasteiger partial charge >= 0.3 is 0 Å². The maximum absolute atomic E-state index is 11.8. The molecule has 0 aliphatic carbocycles. The molecule has 3 heterocycles. The Morgan fingerprint density at radius 1 is 1.45 bits per heavy atom. The number of nitrogens with zero attached hydrogens (tertiary/aromatic N) is 2. The molecule has 2 saturated heterocycles. The third-order valence-electron chi connectivity index (χ3n) is 4.47. The van der Waals surface area contributed by atoms with Crippen molar-refractivity contribution in [3.63, 3.8) is 0 Å². The molecule has 2 aliphatic rings. The van der Waals surface area contributed by atoms with Crippen LogP contribution in [0.25, 0.3) is 0 Å². The summed E-state index contributed by atoms with van der Waals surface area (Å²) >= 11 is 0. The smallest absolute Gasteiger partial charge is 0.248 e. The Balaban J connectivity index is 1.47. The average molecular weight is 306 g/mol. The maximum Gasteiger partial charge on any atom is 0.248 e. The van der Waals surface area contributed by atoms with Gasteiger partial charge in [-0.3, -0.25) is 9.78 Å². The number of aromatic nitrogens is 1. The third kappa shape index (κ3) is 3.14. The monoisotopic (exact) mass is 306 g/mol. The van der Waals surface area contributed by atoms with Crippen molar-refractivity contribution in [2.75, 3.05) is 40.0 Å². The predicted octanol–water partition coefficient (Wildman–Crippen LogP) is 0.862. The van der Waals surface area contributed by atoms with Gasteiger partial charge in [0.25, 0.3) is 0 Å². The lowest BCUT2D eigenvalue weighted by molar-refractivity contribution is -0.172. The minimum absolute atomic E-state index is 0.0279. The molecule has 1 aromatic heterocycles. The second-order valence-electron chi connectivity index (χ2n) is 5.95. The summed E-state index contributed by atoms with van der Waals surface area (Å²) in [4.78, 5) is 17.6. The second-order valence-corrected chi connectivity index (χ2v) is 5.95. The van der Waals surface area contributed by atoms with Gasteiger partial charge < -0.3 is 19.1 Å². The van der Waals surface area contributed by atoms with Gasteiger partial charge in [0.1, 0.15) is 12.2 Å². The fourth-order valence-electron chi connectivity index (χ4n) is 3.16. The topological polar surface area (TPSA) is 60.9 Å². The van der Waals surface area contributed by atoms with E-state index < -0.39 is 0 Å². The van der Waals surface area contributed by atoms with Gasteiger partial charge in [0.15, 0.2) is 0 Å². The normalized spacial score (nSPS) is 22.8. The van der Waals surface area contributed by atoms with E-state index in [1.807, 2.05) is 12.1 Å². The molecule has 22 heavy (non-hydrogen) atoms. The van der Waals surface area contributed by atoms with Crippen LogP contribution < -0.4 is 0 Å². The zero-order valence-electron chi connectivity index (χ0n) is 12.9. The van der Waals surface area contributed by atoms with Gasteiger partial charge in [-0.2, -0.15) is 0 Å². The molecule has 0 bridgehead atoms. The summed E-state index contributed by atoms with van der Waals surface area (Å²) in [5.74, 6) is 0.376. The van der Waals surface area contributed by atoms with Crippen LogP contribution in [0, 0.1) is 5.92 Å². The molecule has 2 aliphatic heterocycles. The number of carbonyl (C=O) groups excluding carboxylic acids is 1. The minimum atomic E-state index is -0.207. The number of methoxy groups -OCH3 is 1. The van der Waals surface area contributed by atoms with E-state index in [2.05, 4.69) is 4.98 Å². The number of hydrogen-bond acceptors (Lipinski definition) is 5. The summed E-state index contributed by atoms with van der Waals surface area (Å²) in [6.07, 6.45) is 4.52. The van der Waals surface area contributed by atoms with E-state index >= 15 is 0 Å². The van der Waals surface area contributed by atoms with Crippen LogP contribution in [0.1, 0.15) is 12.0 Å². The SMILES string of the molecule is COCC(=O)N1CC2(C1)OCCC2COCc1ccncc1. The second kappa shape index (κ2) is 6.73. The van der Waals surface area contributed by atoms with Crippen molar-refractivity contribution >= 4 is 5.91 Å². The molecule has 120 valence electrons. The lowest BCUT2D eigenvalue weighted by Gasteiger charge is -2.50. The van der Waals surface area contributed by atoms with E-state index in [1.54, 1.807) is 17.3 Å². The highest BCUT2D eigenvalue weighted by Crippen LogP contribution is 2.40. The van der Waals surface area contributed by atoms with Crippen molar-refractivity contribution in [2.45, 2.75) is 18.6 Å². The van der Waals surface area contributed by atoms with Gasteiger partial charge in [0.05, 0.1) is 26.3 Å². The Hall–Kier alpha value is -1.50. The molecule has 3 rings (SSSR count). The van der Waals surface area contributed by atoms with Crippen LogP contribution in [0.15, 0.2) is 24.5 Å². The van der Waals surface area contributed by atoms with E-state index in [4.69, 9.17) is 14.2 Å². The standard InChI is InChI=1S/C16H22N2O4/c1-20-10-15(19)18-11-16(12-18)14(4-7-22-16)9-21-8-13-2-5-17-6-3-13/h2-3,5-6,14H,4,7-12H2,1H3. The molecular formula is C16H22N2O4. The first kappa shape index (κ1) is 15.4. The van der Waals surface area contributed by atoms with Gasteiger partial charge in [-0.15, -0.1) is 0 Å². The van der Waals surface area contributed by atoms with Gasteiger partial charge in [0, 0.05) is 32.0 Å². The summed E-state index contributed by atoms with van der Waals surface area (Å²) in [6.45, 7) is 3.43. The van der Waals surface area contributed by atoms with Crippen LogP contribution in [-0.2, 0) is 25.6 Å². The summed E-state index contributed by atoms with van der Waals surface area (Å²) in [5.41, 5.74) is 0.912. The minimum Gasteiger partial charge on any atom is -0.376 e. The summed E-state index contributed by atoms with van der Waals surface area (Å²) in [5, 5.41) is 0. The first-order valence-electron chi connectivity index (χ1n) is 7.61. The quantitative estimate of drug-likeness (QED) is 0.780. The maximum atomic E-state index is 11.8. The molecule has 1 atom stereocenters. The Kier molecular flexibility index (Phi) is 4.71. The zero-order chi connectivity index (χ0) is 15.4. The molecule has 1 aromatic rings. The van der Waals surface area contributed by atoms with Gasteiger partial charge in [-0.05, 0) is 24.1 Å². The number of rotatable bonds is 6. The first-order valence-corrected chi connectivity index (χ1v) is 7.61. The van der Waals surface area contributed by atoms with Crippen LogP contribution in [0.3, 0.4) is 0 Å². The van der Waals surface area contributed by atoms with Gasteiger partial charge in [0.2, 0.25) is 5.91 Å². The van der Waals surface area contributed by atoms with Crippen molar-refractivity contribution in [3.8, 4) is 0 Å². The fraction of sp³-hybridized carbons (Fsp3) is 0.625. The highest BCUT2D eigenvalue weighted by atomic mass is 16.5. The summed E-state index contributed by atoms with van der Waals surface area (Å²) in [7, 11) is 1.54. The number of ether oxygens (including phenoxy) is 3. The molecule has 1 unspecified atom stereocenters. The highest BCUT2D eigenvalue weighted by molar-refractivity contribution is 5.78. The van der Waals surface area contributed by atoms with Crippen molar-refractivity contribution in [3.05, 3.63) is 30.1 Å². The molecule has 1 spiro atoms. The van der Waals surface area contributed by atoms with E-state index in [-0.39, 0.29) is 18.1 Å². The lowest BCUT2D eigenvalue weighted by atomic mass is 9.81. The predicted molar refractivity (Wildman–Crippen MR) is 79.1 cm³/mol. The Morgan fingerprint density at radius 3 is 2.95 bits per heavy atom. The van der Waals surface area contributed by atoms with E-state index in [0.717, 1.165) is 18.6 Å². The zero-order valence-corrected chi connectivity index (χ0v) is 12.9. The lowest BCUT2D eigenvalue weighted by Crippen LogP contribution is -2.67. The number of hydrogen-bond donors (Lipinski definition) is 0. The Bertz CT molecular complexity index is 502. The molecule has 0 radical (unpaired) electrons. The number of likely N-dealkylation sites (tertiary alicyclic amines) is 1. The van der Waals surface area contributed by atoms with Crippen LogP contribution in [0.2, 0.25) is 0 Å². The molecule has 2 fully saturated rings. The summed E-state index contributed by atoms with van der Waals surface area (Å²) < 4.78 is 16.7. The van der Waals surface area contributed by atoms with Crippen LogP contribution in [0.5, 0.6) is 0 Å². The first-order chi connectivity index (χ1) is 10.7. The summed E-state index contributed by atoms with van der Waals surface area (Å²) in [6, 6.07) is 3.91. The van der Waals surface area contributed by atoms with Gasteiger partial charge in [-0.25, -0.2) is 0 Å². The van der Waals surface area contributed by atoms with Crippen molar-refractivity contribution in [2.24, 2.45) is 5.92 Å². The largest absolute Gasteiger partial charge is 0.376 e. The van der Waals surface area contributed by atoms with Crippen LogP contribution in [0.4, 0.5) is 0 Å². The van der Waals surface area contributed by atoms with Crippen LogP contribution in [-0.4, -0.2) is 61.4 Å². The number of pyridine rings is 1. The average Bonchev–Trinajstić information content (AvgIpc) is 2.91. The Morgan fingerprint density at radius 2 is 2.23 bits per heavy atom. The van der Waals surface area contributed by atoms with Crippen molar-refractivity contribution in [1.29, 1.82) is 0 Å². The molecule has 1 amide bonds. The molecule has 0 N–H and O–H groups in total. The molecular weight excluding hydrogens is 284 g/mol. The third-order valence-corrected chi connectivity index (χ3v) is 4.47. The van der Waals surface area contributed by atoms with E-state index in [0.29, 0.717) is 32.2 Å². The van der Waals surface area contributed by atoms with Crippen molar-refractivity contribution in [1.82, 2.24) is 9.88 Å².